The molecule has 0 unspecified atom stereocenters. The second kappa shape index (κ2) is 2.76. The first-order valence-corrected chi connectivity index (χ1v) is 4.37. The summed E-state index contributed by atoms with van der Waals surface area (Å²) in [5.74, 6) is 0. The zero-order valence-corrected chi connectivity index (χ0v) is 8.97. The lowest BCUT2D eigenvalue weighted by molar-refractivity contribution is 0.00578. The van der Waals surface area contributed by atoms with Gasteiger partial charge in [-0.25, -0.2) is 0 Å². The molecule has 0 saturated carbocycles. The fourth-order valence-electron chi connectivity index (χ4n) is 0.905. The standard InChI is InChI=1S/C10H17NO2/c1-7(2)11-8-12-9(3,4)10(5,6)13-8/h1H2,2-6H3. The Morgan fingerprint density at radius 1 is 1.15 bits per heavy atom. The zero-order valence-electron chi connectivity index (χ0n) is 8.97. The van der Waals surface area contributed by atoms with Crippen molar-refractivity contribution in [3.05, 3.63) is 12.3 Å². The minimum absolute atomic E-state index is 0.322. The lowest BCUT2D eigenvalue weighted by atomic mass is 9.90. The Morgan fingerprint density at radius 3 is 1.85 bits per heavy atom. The van der Waals surface area contributed by atoms with Gasteiger partial charge in [0.05, 0.1) is 0 Å². The van der Waals surface area contributed by atoms with Gasteiger partial charge in [-0.15, -0.1) is 0 Å². The summed E-state index contributed by atoms with van der Waals surface area (Å²) in [4.78, 5) is 4.05. The molecule has 1 fully saturated rings. The summed E-state index contributed by atoms with van der Waals surface area (Å²) in [6.45, 7) is 13.4. The third-order valence-corrected chi connectivity index (χ3v) is 2.42. The Bertz CT molecular complexity index is 246. The molecule has 0 spiro atoms. The van der Waals surface area contributed by atoms with Crippen LogP contribution in [0, 0.1) is 0 Å². The normalized spacial score (nSPS) is 23.3. The van der Waals surface area contributed by atoms with Gasteiger partial charge in [0.1, 0.15) is 11.2 Å². The highest BCUT2D eigenvalue weighted by Gasteiger charge is 2.49. The Kier molecular flexibility index (Phi) is 2.14. The van der Waals surface area contributed by atoms with Gasteiger partial charge >= 0.3 is 6.08 Å². The summed E-state index contributed by atoms with van der Waals surface area (Å²) < 4.78 is 11.1. The molecule has 0 radical (unpaired) electrons. The second-order valence-electron chi connectivity index (χ2n) is 4.34. The van der Waals surface area contributed by atoms with Crippen molar-refractivity contribution in [3.8, 4) is 0 Å². The largest absolute Gasteiger partial charge is 0.440 e. The third kappa shape index (κ3) is 1.85. The van der Waals surface area contributed by atoms with Gasteiger partial charge < -0.3 is 9.47 Å². The Balaban J connectivity index is 2.88. The number of hydrogen-bond donors (Lipinski definition) is 0. The van der Waals surface area contributed by atoms with Crippen molar-refractivity contribution >= 4 is 6.08 Å². The predicted molar refractivity (Wildman–Crippen MR) is 52.6 cm³/mol. The Hall–Kier alpha value is -0.990. The average Bonchev–Trinajstić information content (AvgIpc) is 1.98. The maximum atomic E-state index is 5.54. The highest BCUT2D eigenvalue weighted by Crippen LogP contribution is 2.36. The molecule has 1 aliphatic rings. The van der Waals surface area contributed by atoms with E-state index in [2.05, 4.69) is 11.6 Å². The Labute approximate surface area is 79.5 Å². The van der Waals surface area contributed by atoms with E-state index in [1.54, 1.807) is 6.92 Å². The molecule has 0 aliphatic carbocycles. The molecule has 3 heteroatoms. The molecule has 1 saturated heterocycles. The topological polar surface area (TPSA) is 30.8 Å². The molecule has 0 atom stereocenters. The number of aliphatic imine (C=N–C) groups is 1. The van der Waals surface area contributed by atoms with Crippen LogP contribution in [-0.2, 0) is 9.47 Å². The molecule has 0 aromatic carbocycles. The van der Waals surface area contributed by atoms with Crippen LogP contribution >= 0.6 is 0 Å². The summed E-state index contributed by atoms with van der Waals surface area (Å²) in [5, 5.41) is 0. The smallest absolute Gasteiger partial charge is 0.389 e. The summed E-state index contributed by atoms with van der Waals surface area (Å²) in [7, 11) is 0. The number of ether oxygens (including phenoxy) is 2. The van der Waals surface area contributed by atoms with E-state index in [0.717, 1.165) is 0 Å². The SMILES string of the molecule is C=C(C)N=C1OC(C)(C)C(C)(C)O1. The van der Waals surface area contributed by atoms with Gasteiger partial charge in [-0.2, -0.15) is 4.99 Å². The first-order valence-electron chi connectivity index (χ1n) is 4.37. The number of hydrogen-bond acceptors (Lipinski definition) is 3. The molecule has 1 aliphatic heterocycles. The van der Waals surface area contributed by atoms with Crippen LogP contribution in [0.3, 0.4) is 0 Å². The van der Waals surface area contributed by atoms with E-state index >= 15 is 0 Å². The molecule has 0 N–H and O–H groups in total. The predicted octanol–water partition coefficient (Wildman–Crippen LogP) is 2.48. The van der Waals surface area contributed by atoms with Crippen LogP contribution in [0.15, 0.2) is 17.3 Å². The molecule has 0 amide bonds. The highest BCUT2D eigenvalue weighted by atomic mass is 16.7. The van der Waals surface area contributed by atoms with E-state index in [9.17, 15) is 0 Å². The fourth-order valence-corrected chi connectivity index (χ4v) is 0.905. The molecule has 3 nitrogen and oxygen atoms in total. The van der Waals surface area contributed by atoms with Crippen LogP contribution in [0.2, 0.25) is 0 Å². The molecule has 74 valence electrons. The maximum Gasteiger partial charge on any atom is 0.389 e. The number of rotatable bonds is 1. The van der Waals surface area contributed by atoms with E-state index in [4.69, 9.17) is 9.47 Å². The van der Waals surface area contributed by atoms with Crippen LogP contribution in [0.5, 0.6) is 0 Å². The first-order chi connectivity index (χ1) is 5.74. The van der Waals surface area contributed by atoms with Gasteiger partial charge in [0, 0.05) is 5.70 Å². The van der Waals surface area contributed by atoms with Crippen LogP contribution in [0.25, 0.3) is 0 Å². The molecule has 13 heavy (non-hydrogen) atoms. The maximum absolute atomic E-state index is 5.54. The van der Waals surface area contributed by atoms with E-state index in [1.807, 2.05) is 27.7 Å². The summed E-state index contributed by atoms with van der Waals surface area (Å²) in [6, 6.07) is 0. The summed E-state index contributed by atoms with van der Waals surface area (Å²) in [5.41, 5.74) is -0.00810. The van der Waals surface area contributed by atoms with E-state index in [-0.39, 0.29) is 11.2 Å². The third-order valence-electron chi connectivity index (χ3n) is 2.42. The van der Waals surface area contributed by atoms with Crippen molar-refractivity contribution in [1.29, 1.82) is 0 Å². The quantitative estimate of drug-likeness (QED) is 0.625. The molecule has 1 rings (SSSR count). The van der Waals surface area contributed by atoms with E-state index in [0.29, 0.717) is 11.8 Å². The van der Waals surface area contributed by atoms with Crippen LogP contribution in [0.1, 0.15) is 34.6 Å². The highest BCUT2D eigenvalue weighted by molar-refractivity contribution is 5.71. The van der Waals surface area contributed by atoms with Gasteiger partial charge in [0.15, 0.2) is 0 Å². The van der Waals surface area contributed by atoms with E-state index < -0.39 is 0 Å². The molecular formula is C10H17NO2. The van der Waals surface area contributed by atoms with Gasteiger partial charge in [-0.1, -0.05) is 6.58 Å². The molecule has 0 aromatic heterocycles. The van der Waals surface area contributed by atoms with Crippen LogP contribution in [-0.4, -0.2) is 17.3 Å². The van der Waals surface area contributed by atoms with Crippen molar-refractivity contribution in [2.24, 2.45) is 4.99 Å². The van der Waals surface area contributed by atoms with Crippen molar-refractivity contribution in [2.75, 3.05) is 0 Å². The number of allylic oxidation sites excluding steroid dienone is 1. The van der Waals surface area contributed by atoms with Crippen molar-refractivity contribution in [2.45, 2.75) is 45.8 Å². The summed E-state index contributed by atoms with van der Waals surface area (Å²) >= 11 is 0. The van der Waals surface area contributed by atoms with Crippen molar-refractivity contribution < 1.29 is 9.47 Å². The monoisotopic (exact) mass is 183 g/mol. The van der Waals surface area contributed by atoms with Crippen LogP contribution in [0.4, 0.5) is 0 Å². The first kappa shape index (κ1) is 10.1. The number of nitrogens with zero attached hydrogens (tertiary/aromatic N) is 1. The Morgan fingerprint density at radius 2 is 1.54 bits per heavy atom. The van der Waals surface area contributed by atoms with Crippen LogP contribution < -0.4 is 0 Å². The van der Waals surface area contributed by atoms with E-state index in [1.165, 1.54) is 0 Å². The molecular weight excluding hydrogens is 166 g/mol. The second-order valence-corrected chi connectivity index (χ2v) is 4.34. The lowest BCUT2D eigenvalue weighted by Crippen LogP contribution is -2.41. The van der Waals surface area contributed by atoms with Crippen molar-refractivity contribution in [3.63, 3.8) is 0 Å². The van der Waals surface area contributed by atoms with Gasteiger partial charge in [0.25, 0.3) is 0 Å². The minimum Gasteiger partial charge on any atom is -0.440 e. The lowest BCUT2D eigenvalue weighted by Gasteiger charge is -2.28. The van der Waals surface area contributed by atoms with Gasteiger partial charge in [-0.05, 0) is 34.6 Å². The molecule has 0 aromatic rings. The molecule has 0 bridgehead atoms. The zero-order chi connectivity index (χ0) is 10.3. The van der Waals surface area contributed by atoms with Crippen molar-refractivity contribution in [1.82, 2.24) is 0 Å². The van der Waals surface area contributed by atoms with Gasteiger partial charge in [-0.3, -0.25) is 0 Å². The summed E-state index contributed by atoms with van der Waals surface area (Å²) in [6.07, 6.45) is 0.322. The fraction of sp³-hybridized carbons (Fsp3) is 0.700. The molecule has 1 heterocycles. The minimum atomic E-state index is -0.346. The average molecular weight is 183 g/mol. The van der Waals surface area contributed by atoms with Gasteiger partial charge in [0.2, 0.25) is 0 Å².